The van der Waals surface area contributed by atoms with Crippen LogP contribution in [0.25, 0.3) is 0 Å². The number of aliphatic imine (C=N–C) groups is 1. The van der Waals surface area contributed by atoms with Crippen molar-refractivity contribution in [1.29, 1.82) is 0 Å². The molecule has 0 bridgehead atoms. The maximum atomic E-state index is 12.1. The molecule has 1 aromatic rings. The fourth-order valence-corrected chi connectivity index (χ4v) is 3.25. The molecule has 6 heteroatoms. The Kier molecular flexibility index (Phi) is 9.66. The van der Waals surface area contributed by atoms with E-state index in [0.717, 1.165) is 62.7 Å². The molecule has 1 heterocycles. The maximum absolute atomic E-state index is 12.1. The molecule has 1 aliphatic rings. The van der Waals surface area contributed by atoms with Crippen molar-refractivity contribution in [1.82, 2.24) is 15.5 Å². The van der Waals surface area contributed by atoms with E-state index in [9.17, 15) is 4.79 Å². The predicted molar refractivity (Wildman–Crippen MR) is 115 cm³/mol. The first-order valence-electron chi connectivity index (χ1n) is 10.6. The molecule has 0 aromatic heterocycles. The van der Waals surface area contributed by atoms with Crippen molar-refractivity contribution in [2.24, 2.45) is 4.99 Å². The lowest BCUT2D eigenvalue weighted by Crippen LogP contribution is -2.39. The Bertz CT molecular complexity index is 631. The lowest BCUT2D eigenvalue weighted by Gasteiger charge is -2.20. The molecule has 0 unspecified atom stereocenters. The van der Waals surface area contributed by atoms with Gasteiger partial charge in [-0.3, -0.25) is 4.79 Å². The molecule has 0 saturated carbocycles. The Hall–Kier alpha value is -2.24. The molecule has 2 N–H and O–H groups in total. The number of likely N-dealkylation sites (tertiary alicyclic amines) is 1. The van der Waals surface area contributed by atoms with E-state index < -0.39 is 0 Å². The number of rotatable bonds is 9. The van der Waals surface area contributed by atoms with Crippen molar-refractivity contribution in [2.45, 2.75) is 65.5 Å². The van der Waals surface area contributed by atoms with Crippen LogP contribution in [-0.4, -0.2) is 49.0 Å². The highest BCUT2D eigenvalue weighted by Gasteiger charge is 2.15. The molecule has 0 atom stereocenters. The van der Waals surface area contributed by atoms with Crippen molar-refractivity contribution < 1.29 is 9.53 Å². The van der Waals surface area contributed by atoms with E-state index in [1.807, 2.05) is 36.9 Å². The first kappa shape index (κ1) is 22.1. The molecule has 0 aliphatic carbocycles. The Morgan fingerprint density at radius 1 is 1.25 bits per heavy atom. The molecule has 1 saturated heterocycles. The van der Waals surface area contributed by atoms with Gasteiger partial charge in [0.05, 0.1) is 12.6 Å². The van der Waals surface area contributed by atoms with Crippen molar-refractivity contribution in [3.8, 4) is 5.75 Å². The van der Waals surface area contributed by atoms with Gasteiger partial charge in [-0.25, -0.2) is 4.99 Å². The summed E-state index contributed by atoms with van der Waals surface area (Å²) in [5.74, 6) is 1.99. The van der Waals surface area contributed by atoms with Gasteiger partial charge in [0.2, 0.25) is 5.91 Å². The Balaban J connectivity index is 1.80. The lowest BCUT2D eigenvalue weighted by atomic mass is 10.2. The Labute approximate surface area is 169 Å². The van der Waals surface area contributed by atoms with Gasteiger partial charge in [-0.05, 0) is 57.7 Å². The third-order valence-corrected chi connectivity index (χ3v) is 4.60. The van der Waals surface area contributed by atoms with Gasteiger partial charge in [-0.15, -0.1) is 0 Å². The topological polar surface area (TPSA) is 66.0 Å². The van der Waals surface area contributed by atoms with Crippen LogP contribution in [0, 0.1) is 0 Å². The summed E-state index contributed by atoms with van der Waals surface area (Å²) in [5.41, 5.74) is 1.12. The van der Waals surface area contributed by atoms with Gasteiger partial charge in [-0.1, -0.05) is 18.6 Å². The van der Waals surface area contributed by atoms with E-state index in [-0.39, 0.29) is 6.10 Å². The lowest BCUT2D eigenvalue weighted by molar-refractivity contribution is -0.130. The molecule has 1 fully saturated rings. The molecule has 6 nitrogen and oxygen atoms in total. The molecule has 1 amide bonds. The molecule has 0 spiro atoms. The number of carbonyl (C=O) groups excluding carboxylic acids is 1. The smallest absolute Gasteiger partial charge is 0.222 e. The highest BCUT2D eigenvalue weighted by Crippen LogP contribution is 2.15. The van der Waals surface area contributed by atoms with E-state index in [0.29, 0.717) is 18.9 Å². The van der Waals surface area contributed by atoms with E-state index >= 15 is 0 Å². The molecule has 1 aliphatic heterocycles. The number of carbonyl (C=O) groups is 1. The van der Waals surface area contributed by atoms with Crippen LogP contribution < -0.4 is 15.4 Å². The summed E-state index contributed by atoms with van der Waals surface area (Å²) in [5, 5.41) is 6.66. The quantitative estimate of drug-likeness (QED) is 0.387. The monoisotopic (exact) mass is 388 g/mol. The third-order valence-electron chi connectivity index (χ3n) is 4.60. The molecule has 1 aromatic carbocycles. The number of amides is 1. The van der Waals surface area contributed by atoms with Crippen molar-refractivity contribution >= 4 is 11.9 Å². The minimum atomic E-state index is 0.161. The largest absolute Gasteiger partial charge is 0.491 e. The number of hydrogen-bond donors (Lipinski definition) is 2. The number of nitrogens with zero attached hydrogens (tertiary/aromatic N) is 2. The van der Waals surface area contributed by atoms with Crippen LogP contribution in [0.5, 0.6) is 5.75 Å². The van der Waals surface area contributed by atoms with Crippen LogP contribution in [0.15, 0.2) is 29.3 Å². The zero-order valence-corrected chi connectivity index (χ0v) is 17.7. The highest BCUT2D eigenvalue weighted by molar-refractivity contribution is 5.79. The van der Waals surface area contributed by atoms with E-state index in [1.165, 1.54) is 6.42 Å². The van der Waals surface area contributed by atoms with Gasteiger partial charge >= 0.3 is 0 Å². The van der Waals surface area contributed by atoms with Crippen LogP contribution in [0.1, 0.15) is 58.4 Å². The molecule has 2 rings (SSSR count). The Morgan fingerprint density at radius 3 is 2.89 bits per heavy atom. The number of nitrogens with one attached hydrogen (secondary N) is 2. The maximum Gasteiger partial charge on any atom is 0.222 e. The first-order valence-corrected chi connectivity index (χ1v) is 10.6. The van der Waals surface area contributed by atoms with Gasteiger partial charge in [0.25, 0.3) is 0 Å². The molecular weight excluding hydrogens is 352 g/mol. The second-order valence-electron chi connectivity index (χ2n) is 7.48. The van der Waals surface area contributed by atoms with Crippen LogP contribution in [-0.2, 0) is 11.3 Å². The first-order chi connectivity index (χ1) is 13.6. The van der Waals surface area contributed by atoms with E-state index in [4.69, 9.17) is 4.74 Å². The summed E-state index contributed by atoms with van der Waals surface area (Å²) in [6.07, 6.45) is 5.12. The predicted octanol–water partition coefficient (Wildman–Crippen LogP) is 3.32. The minimum absolute atomic E-state index is 0.161. The summed E-state index contributed by atoms with van der Waals surface area (Å²) in [6, 6.07) is 8.07. The SMILES string of the molecule is CCNC(=NCc1cccc(OC(C)C)c1)NCCCN1CCCCCC1=O. The van der Waals surface area contributed by atoms with Crippen molar-refractivity contribution in [3.05, 3.63) is 29.8 Å². The molecule has 28 heavy (non-hydrogen) atoms. The third kappa shape index (κ3) is 8.19. The van der Waals surface area contributed by atoms with Gasteiger partial charge < -0.3 is 20.3 Å². The van der Waals surface area contributed by atoms with Gasteiger partial charge in [0, 0.05) is 32.6 Å². The number of guanidine groups is 1. The van der Waals surface area contributed by atoms with Crippen LogP contribution in [0.4, 0.5) is 0 Å². The molecule has 0 radical (unpaired) electrons. The summed E-state index contributed by atoms with van der Waals surface area (Å²) in [4.78, 5) is 18.7. The fourth-order valence-electron chi connectivity index (χ4n) is 3.25. The average molecular weight is 389 g/mol. The standard InChI is InChI=1S/C22H36N4O2/c1-4-23-22(24-13-9-15-26-14-7-5-6-12-21(26)27)25-17-19-10-8-11-20(16-19)28-18(2)3/h8,10-11,16,18H,4-7,9,12-15,17H2,1-3H3,(H2,23,24,25). The Morgan fingerprint density at radius 2 is 2.11 bits per heavy atom. The second-order valence-corrected chi connectivity index (χ2v) is 7.48. The van der Waals surface area contributed by atoms with Crippen LogP contribution in [0.2, 0.25) is 0 Å². The fraction of sp³-hybridized carbons (Fsp3) is 0.636. The zero-order chi connectivity index (χ0) is 20.2. The van der Waals surface area contributed by atoms with Gasteiger partial charge in [-0.2, -0.15) is 0 Å². The minimum Gasteiger partial charge on any atom is -0.491 e. The van der Waals surface area contributed by atoms with Crippen LogP contribution in [0.3, 0.4) is 0 Å². The summed E-state index contributed by atoms with van der Waals surface area (Å²) >= 11 is 0. The zero-order valence-electron chi connectivity index (χ0n) is 17.7. The molecule has 156 valence electrons. The number of ether oxygens (including phenoxy) is 1. The van der Waals surface area contributed by atoms with Gasteiger partial charge in [0.1, 0.15) is 5.75 Å². The van der Waals surface area contributed by atoms with Crippen molar-refractivity contribution in [3.63, 3.8) is 0 Å². The normalized spacial score (nSPS) is 15.5. The highest BCUT2D eigenvalue weighted by atomic mass is 16.5. The number of benzene rings is 1. The summed E-state index contributed by atoms with van der Waals surface area (Å²) in [7, 11) is 0. The van der Waals surface area contributed by atoms with Gasteiger partial charge in [0.15, 0.2) is 5.96 Å². The summed E-state index contributed by atoms with van der Waals surface area (Å²) in [6.45, 7) is 10.0. The number of hydrogen-bond acceptors (Lipinski definition) is 3. The average Bonchev–Trinajstić information content (AvgIpc) is 2.87. The second kappa shape index (κ2) is 12.3. The van der Waals surface area contributed by atoms with Crippen molar-refractivity contribution in [2.75, 3.05) is 26.2 Å². The summed E-state index contributed by atoms with van der Waals surface area (Å²) < 4.78 is 5.75. The van der Waals surface area contributed by atoms with E-state index in [2.05, 4.69) is 28.6 Å². The van der Waals surface area contributed by atoms with Crippen LogP contribution >= 0.6 is 0 Å². The van der Waals surface area contributed by atoms with E-state index in [1.54, 1.807) is 0 Å². The molecular formula is C22H36N4O2.